The molecule has 0 fully saturated rings. The first kappa shape index (κ1) is 19.0. The van der Waals surface area contributed by atoms with E-state index in [0.717, 1.165) is 0 Å². The van der Waals surface area contributed by atoms with E-state index < -0.39 is 5.91 Å². The first-order valence-electron chi connectivity index (χ1n) is 7.57. The third-order valence-corrected chi connectivity index (χ3v) is 3.32. The topological polar surface area (TPSA) is 78.4 Å². The molecule has 2 aromatic carbocycles. The maximum atomic E-state index is 12.8. The van der Waals surface area contributed by atoms with Gasteiger partial charge in [-0.15, -0.1) is 0 Å². The van der Waals surface area contributed by atoms with Gasteiger partial charge in [0.2, 0.25) is 0 Å². The van der Waals surface area contributed by atoms with E-state index in [4.69, 9.17) is 18.9 Å². The van der Waals surface area contributed by atoms with E-state index in [9.17, 15) is 9.18 Å². The summed E-state index contributed by atoms with van der Waals surface area (Å²) in [4.78, 5) is 11.8. The summed E-state index contributed by atoms with van der Waals surface area (Å²) in [5, 5.41) is 3.88. The summed E-state index contributed by atoms with van der Waals surface area (Å²) in [7, 11) is 4.53. The quantitative estimate of drug-likeness (QED) is 0.576. The Kier molecular flexibility index (Phi) is 6.78. The standard InChI is InChI=1S/C18H19FN2O5/c1-23-14-8-16(24-2)15(17(9-14)25-3)10-20-21-18(22)11-26-13-6-4-12(19)5-7-13/h4-10H,11H2,1-3H3,(H,21,22)/b20-10+. The van der Waals surface area contributed by atoms with E-state index in [2.05, 4.69) is 10.5 Å². The van der Waals surface area contributed by atoms with Crippen molar-refractivity contribution < 1.29 is 28.1 Å². The van der Waals surface area contributed by atoms with Crippen LogP contribution in [0, 0.1) is 5.82 Å². The molecule has 0 aliphatic heterocycles. The van der Waals surface area contributed by atoms with Gasteiger partial charge in [0.15, 0.2) is 6.61 Å². The number of nitrogens with one attached hydrogen (secondary N) is 1. The van der Waals surface area contributed by atoms with E-state index in [-0.39, 0.29) is 12.4 Å². The molecule has 0 atom stereocenters. The molecule has 2 aromatic rings. The highest BCUT2D eigenvalue weighted by atomic mass is 19.1. The van der Waals surface area contributed by atoms with Crippen LogP contribution < -0.4 is 24.4 Å². The zero-order valence-electron chi connectivity index (χ0n) is 14.6. The fourth-order valence-electron chi connectivity index (χ4n) is 2.04. The third-order valence-electron chi connectivity index (χ3n) is 3.32. The highest BCUT2D eigenvalue weighted by Gasteiger charge is 2.11. The van der Waals surface area contributed by atoms with E-state index >= 15 is 0 Å². The van der Waals surface area contributed by atoms with Crippen molar-refractivity contribution in [1.29, 1.82) is 0 Å². The van der Waals surface area contributed by atoms with Gasteiger partial charge >= 0.3 is 0 Å². The van der Waals surface area contributed by atoms with Gasteiger partial charge in [-0.25, -0.2) is 9.82 Å². The first-order valence-corrected chi connectivity index (χ1v) is 7.57. The third kappa shape index (κ3) is 5.10. The maximum absolute atomic E-state index is 12.8. The van der Waals surface area contributed by atoms with E-state index in [0.29, 0.717) is 28.6 Å². The van der Waals surface area contributed by atoms with Crippen molar-refractivity contribution in [2.24, 2.45) is 5.10 Å². The molecule has 8 heteroatoms. The molecule has 138 valence electrons. The van der Waals surface area contributed by atoms with Gasteiger partial charge in [0.25, 0.3) is 5.91 Å². The van der Waals surface area contributed by atoms with Gasteiger partial charge in [-0.3, -0.25) is 4.79 Å². The van der Waals surface area contributed by atoms with Crippen LogP contribution in [-0.2, 0) is 4.79 Å². The molecule has 0 radical (unpaired) electrons. The molecule has 0 bridgehead atoms. The smallest absolute Gasteiger partial charge is 0.277 e. The molecular weight excluding hydrogens is 343 g/mol. The average molecular weight is 362 g/mol. The molecule has 1 N–H and O–H groups in total. The number of hydrogen-bond acceptors (Lipinski definition) is 6. The number of carbonyl (C=O) groups is 1. The van der Waals surface area contributed by atoms with Crippen molar-refractivity contribution in [1.82, 2.24) is 5.43 Å². The van der Waals surface area contributed by atoms with Gasteiger partial charge in [-0.2, -0.15) is 5.10 Å². The number of carbonyl (C=O) groups excluding carboxylic acids is 1. The summed E-state index contributed by atoms with van der Waals surface area (Å²) < 4.78 is 33.8. The second-order valence-corrected chi connectivity index (χ2v) is 4.98. The molecule has 0 saturated heterocycles. The number of methoxy groups -OCH3 is 3. The maximum Gasteiger partial charge on any atom is 0.277 e. The largest absolute Gasteiger partial charge is 0.496 e. The molecule has 0 heterocycles. The van der Waals surface area contributed by atoms with Crippen molar-refractivity contribution in [2.45, 2.75) is 0 Å². The van der Waals surface area contributed by atoms with Crippen LogP contribution in [0.3, 0.4) is 0 Å². The summed E-state index contributed by atoms with van der Waals surface area (Å²) in [6.07, 6.45) is 1.40. The Bertz CT molecular complexity index is 753. The van der Waals surface area contributed by atoms with Crippen LogP contribution in [0.4, 0.5) is 4.39 Å². The molecule has 26 heavy (non-hydrogen) atoms. The lowest BCUT2D eigenvalue weighted by Gasteiger charge is -2.12. The second kappa shape index (κ2) is 9.26. The fraction of sp³-hybridized carbons (Fsp3) is 0.222. The van der Waals surface area contributed by atoms with Crippen molar-refractivity contribution in [3.05, 3.63) is 47.8 Å². The Morgan fingerprint density at radius 1 is 1.04 bits per heavy atom. The summed E-state index contributed by atoms with van der Waals surface area (Å²) in [6, 6.07) is 8.69. The molecule has 0 aromatic heterocycles. The monoisotopic (exact) mass is 362 g/mol. The van der Waals surface area contributed by atoms with Crippen LogP contribution in [0.15, 0.2) is 41.5 Å². The summed E-state index contributed by atoms with van der Waals surface area (Å²) in [5.41, 5.74) is 2.87. The van der Waals surface area contributed by atoms with Crippen molar-refractivity contribution >= 4 is 12.1 Å². The number of amides is 1. The number of halogens is 1. The van der Waals surface area contributed by atoms with Crippen LogP contribution in [0.25, 0.3) is 0 Å². The predicted octanol–water partition coefficient (Wildman–Crippen LogP) is 2.38. The highest BCUT2D eigenvalue weighted by Crippen LogP contribution is 2.32. The molecule has 0 aliphatic rings. The van der Waals surface area contributed by atoms with Gasteiger partial charge < -0.3 is 18.9 Å². The molecular formula is C18H19FN2O5. The first-order chi connectivity index (χ1) is 12.6. The van der Waals surface area contributed by atoms with Gasteiger partial charge in [-0.1, -0.05) is 0 Å². The number of ether oxygens (including phenoxy) is 4. The van der Waals surface area contributed by atoms with Crippen LogP contribution in [0.1, 0.15) is 5.56 Å². The summed E-state index contributed by atoms with van der Waals surface area (Å²) >= 11 is 0. The van der Waals surface area contributed by atoms with Crippen LogP contribution in [-0.4, -0.2) is 40.1 Å². The predicted molar refractivity (Wildman–Crippen MR) is 93.7 cm³/mol. The molecule has 0 aliphatic carbocycles. The normalized spacial score (nSPS) is 10.5. The molecule has 0 saturated carbocycles. The lowest BCUT2D eigenvalue weighted by molar-refractivity contribution is -0.123. The SMILES string of the molecule is COc1cc(OC)c(/C=N/NC(=O)COc2ccc(F)cc2)c(OC)c1. The van der Waals surface area contributed by atoms with Crippen molar-refractivity contribution in [3.8, 4) is 23.0 Å². The molecule has 0 unspecified atom stereocenters. The number of hydrazone groups is 1. The molecule has 1 amide bonds. The molecule has 7 nitrogen and oxygen atoms in total. The van der Waals surface area contributed by atoms with E-state index in [1.54, 1.807) is 12.1 Å². The van der Waals surface area contributed by atoms with Crippen LogP contribution in [0.5, 0.6) is 23.0 Å². The Morgan fingerprint density at radius 3 is 2.19 bits per heavy atom. The van der Waals surface area contributed by atoms with E-state index in [1.165, 1.54) is 51.8 Å². The van der Waals surface area contributed by atoms with Crippen molar-refractivity contribution in [2.75, 3.05) is 27.9 Å². The van der Waals surface area contributed by atoms with Crippen molar-refractivity contribution in [3.63, 3.8) is 0 Å². The molecule has 0 spiro atoms. The lowest BCUT2D eigenvalue weighted by atomic mass is 10.2. The number of rotatable bonds is 8. The average Bonchev–Trinajstić information content (AvgIpc) is 2.67. The van der Waals surface area contributed by atoms with Crippen LogP contribution in [0.2, 0.25) is 0 Å². The minimum absolute atomic E-state index is 0.264. The Balaban J connectivity index is 1.98. The number of hydrogen-bond donors (Lipinski definition) is 1. The zero-order valence-corrected chi connectivity index (χ0v) is 14.6. The lowest BCUT2D eigenvalue weighted by Crippen LogP contribution is -2.24. The summed E-state index contributed by atoms with van der Waals surface area (Å²) in [5.74, 6) is 1.03. The van der Waals surface area contributed by atoms with E-state index in [1.807, 2.05) is 0 Å². The van der Waals surface area contributed by atoms with Gasteiger partial charge in [0, 0.05) is 12.1 Å². The Morgan fingerprint density at radius 2 is 1.65 bits per heavy atom. The van der Waals surface area contributed by atoms with Gasteiger partial charge in [0.05, 0.1) is 33.1 Å². The molecule has 2 rings (SSSR count). The number of nitrogens with zero attached hydrogens (tertiary/aromatic N) is 1. The highest BCUT2D eigenvalue weighted by molar-refractivity contribution is 5.89. The summed E-state index contributed by atoms with van der Waals surface area (Å²) in [6.45, 7) is -0.264. The Labute approximate surface area is 150 Å². The minimum atomic E-state index is -0.475. The minimum Gasteiger partial charge on any atom is -0.496 e. The second-order valence-electron chi connectivity index (χ2n) is 4.98. The fourth-order valence-corrected chi connectivity index (χ4v) is 2.04. The van der Waals surface area contributed by atoms with Crippen LogP contribution >= 0.6 is 0 Å². The number of benzene rings is 2. The Hall–Kier alpha value is -3.29. The van der Waals surface area contributed by atoms with Gasteiger partial charge in [-0.05, 0) is 24.3 Å². The van der Waals surface area contributed by atoms with Gasteiger partial charge in [0.1, 0.15) is 28.8 Å². The zero-order chi connectivity index (χ0) is 18.9.